The van der Waals surface area contributed by atoms with Gasteiger partial charge in [0.15, 0.2) is 0 Å². The molecule has 1 atom stereocenters. The standard InChI is InChI=1S/C21H21N3OS/c22-13-16-12-15-8-4-5-9-18(15)24-21(16)26-19(14-6-2-1-3-7-14)20(25)23-17-10-11-17/h1-3,6-7,12,17,19H,4-5,8-11H2,(H,23,25)/t19-/m0/s1. The van der Waals surface area contributed by atoms with Crippen LogP contribution < -0.4 is 5.32 Å². The minimum atomic E-state index is -0.391. The molecular formula is C21H21N3OS. The van der Waals surface area contributed by atoms with Gasteiger partial charge in [-0.05, 0) is 55.7 Å². The van der Waals surface area contributed by atoms with Gasteiger partial charge in [0.1, 0.15) is 16.3 Å². The fourth-order valence-corrected chi connectivity index (χ4v) is 4.39. The van der Waals surface area contributed by atoms with Crippen molar-refractivity contribution in [2.75, 3.05) is 0 Å². The summed E-state index contributed by atoms with van der Waals surface area (Å²) in [5, 5.41) is 13.0. The monoisotopic (exact) mass is 363 g/mol. The zero-order chi connectivity index (χ0) is 17.9. The highest BCUT2D eigenvalue weighted by molar-refractivity contribution is 8.00. The lowest BCUT2D eigenvalue weighted by Gasteiger charge is -2.20. The average Bonchev–Trinajstić information content (AvgIpc) is 3.50. The lowest BCUT2D eigenvalue weighted by atomic mass is 9.95. The molecule has 4 rings (SSSR count). The topological polar surface area (TPSA) is 65.8 Å². The van der Waals surface area contributed by atoms with Crippen molar-refractivity contribution in [2.45, 2.75) is 54.8 Å². The van der Waals surface area contributed by atoms with Crippen molar-refractivity contribution in [3.05, 3.63) is 58.8 Å². The van der Waals surface area contributed by atoms with E-state index < -0.39 is 5.25 Å². The lowest BCUT2D eigenvalue weighted by Crippen LogP contribution is -2.29. The normalized spacial score (nSPS) is 17.0. The number of nitrogens with zero attached hydrogens (tertiary/aromatic N) is 2. The quantitative estimate of drug-likeness (QED) is 0.817. The van der Waals surface area contributed by atoms with Crippen LogP contribution in [-0.4, -0.2) is 16.9 Å². The third kappa shape index (κ3) is 3.76. The Bertz CT molecular complexity index is 856. The summed E-state index contributed by atoms with van der Waals surface area (Å²) in [4.78, 5) is 17.6. The van der Waals surface area contributed by atoms with Crippen LogP contribution in [-0.2, 0) is 17.6 Å². The number of aryl methyl sites for hydroxylation is 2. The van der Waals surface area contributed by atoms with E-state index in [1.54, 1.807) is 0 Å². The van der Waals surface area contributed by atoms with Crippen molar-refractivity contribution in [1.29, 1.82) is 5.26 Å². The van der Waals surface area contributed by atoms with E-state index in [1.807, 2.05) is 36.4 Å². The maximum atomic E-state index is 12.8. The number of fused-ring (bicyclic) bond motifs is 1. The molecule has 1 amide bonds. The number of carbonyl (C=O) groups is 1. The van der Waals surface area contributed by atoms with E-state index in [-0.39, 0.29) is 5.91 Å². The first-order valence-corrected chi connectivity index (χ1v) is 10.1. The predicted molar refractivity (Wildman–Crippen MR) is 102 cm³/mol. The molecule has 1 aromatic carbocycles. The lowest BCUT2D eigenvalue weighted by molar-refractivity contribution is -0.120. The number of nitrogens with one attached hydrogen (secondary N) is 1. The van der Waals surface area contributed by atoms with Gasteiger partial charge in [-0.25, -0.2) is 4.98 Å². The van der Waals surface area contributed by atoms with Crippen LogP contribution in [0.4, 0.5) is 0 Å². The molecule has 0 bridgehead atoms. The SMILES string of the molecule is N#Cc1cc2c(nc1S[C@H](C(=O)NC1CC1)c1ccccc1)CCCC2. The smallest absolute Gasteiger partial charge is 0.238 e. The molecule has 0 spiro atoms. The molecule has 2 aromatic rings. The summed E-state index contributed by atoms with van der Waals surface area (Å²) in [5.74, 6) is 0.00658. The van der Waals surface area contributed by atoms with Gasteiger partial charge < -0.3 is 5.32 Å². The molecule has 2 aliphatic carbocycles. The molecule has 1 heterocycles. The summed E-state index contributed by atoms with van der Waals surface area (Å²) in [6, 6.07) is 14.3. The van der Waals surface area contributed by atoms with Crippen molar-refractivity contribution in [3.8, 4) is 6.07 Å². The number of rotatable bonds is 5. The Labute approximate surface area is 158 Å². The highest BCUT2D eigenvalue weighted by Gasteiger charge is 2.30. The molecule has 1 aromatic heterocycles. The second-order valence-corrected chi connectivity index (χ2v) is 8.05. The molecular weight excluding hydrogens is 342 g/mol. The van der Waals surface area contributed by atoms with Gasteiger partial charge in [0, 0.05) is 11.7 Å². The number of pyridine rings is 1. The maximum absolute atomic E-state index is 12.8. The largest absolute Gasteiger partial charge is 0.352 e. The average molecular weight is 363 g/mol. The molecule has 0 unspecified atom stereocenters. The number of amides is 1. The van der Waals surface area contributed by atoms with Gasteiger partial charge in [-0.1, -0.05) is 42.1 Å². The predicted octanol–water partition coefficient (Wildman–Crippen LogP) is 3.94. The number of carbonyl (C=O) groups excluding carboxylic acids is 1. The summed E-state index contributed by atoms with van der Waals surface area (Å²) in [5.41, 5.74) is 3.80. The number of thioether (sulfide) groups is 1. The highest BCUT2D eigenvalue weighted by atomic mass is 32.2. The number of hydrogen-bond acceptors (Lipinski definition) is 4. The molecule has 0 radical (unpaired) electrons. The van der Waals surface area contributed by atoms with Crippen molar-refractivity contribution in [3.63, 3.8) is 0 Å². The number of aromatic nitrogens is 1. The number of hydrogen-bond donors (Lipinski definition) is 1. The Morgan fingerprint density at radius 1 is 1.23 bits per heavy atom. The zero-order valence-electron chi connectivity index (χ0n) is 14.6. The molecule has 5 heteroatoms. The Kier molecular flexibility index (Phi) is 4.94. The Balaban J connectivity index is 1.66. The Hall–Kier alpha value is -2.32. The van der Waals surface area contributed by atoms with Crippen LogP contribution in [0.2, 0.25) is 0 Å². The van der Waals surface area contributed by atoms with Crippen molar-refractivity contribution >= 4 is 17.7 Å². The van der Waals surface area contributed by atoms with Crippen molar-refractivity contribution in [1.82, 2.24) is 10.3 Å². The van der Waals surface area contributed by atoms with Gasteiger partial charge in [-0.3, -0.25) is 4.79 Å². The third-order valence-electron chi connectivity index (χ3n) is 4.88. The Morgan fingerprint density at radius 3 is 2.73 bits per heavy atom. The first kappa shape index (κ1) is 17.1. The van der Waals surface area contributed by atoms with Gasteiger partial charge in [-0.2, -0.15) is 5.26 Å². The summed E-state index contributed by atoms with van der Waals surface area (Å²) >= 11 is 1.40. The van der Waals surface area contributed by atoms with E-state index in [0.717, 1.165) is 49.8 Å². The molecule has 2 aliphatic rings. The summed E-state index contributed by atoms with van der Waals surface area (Å²) < 4.78 is 0. The van der Waals surface area contributed by atoms with E-state index in [9.17, 15) is 10.1 Å². The molecule has 4 nitrogen and oxygen atoms in total. The van der Waals surface area contributed by atoms with Crippen molar-refractivity contribution < 1.29 is 4.79 Å². The molecule has 1 fully saturated rings. The van der Waals surface area contributed by atoms with E-state index in [4.69, 9.17) is 4.98 Å². The third-order valence-corrected chi connectivity index (χ3v) is 6.14. The van der Waals surface area contributed by atoms with E-state index in [1.165, 1.54) is 17.3 Å². The second-order valence-electron chi connectivity index (χ2n) is 6.96. The van der Waals surface area contributed by atoms with Gasteiger partial charge in [0.25, 0.3) is 0 Å². The molecule has 132 valence electrons. The number of nitriles is 1. The molecule has 1 saturated carbocycles. The van der Waals surface area contributed by atoms with Gasteiger partial charge >= 0.3 is 0 Å². The summed E-state index contributed by atoms with van der Waals surface area (Å²) in [6.07, 6.45) is 6.35. The molecule has 1 N–H and O–H groups in total. The fraction of sp³-hybridized carbons (Fsp3) is 0.381. The summed E-state index contributed by atoms with van der Waals surface area (Å²) in [7, 11) is 0. The fourth-order valence-electron chi connectivity index (χ4n) is 3.30. The summed E-state index contributed by atoms with van der Waals surface area (Å²) in [6.45, 7) is 0. The van der Waals surface area contributed by atoms with Crippen molar-refractivity contribution in [2.24, 2.45) is 0 Å². The second kappa shape index (κ2) is 7.51. The van der Waals surface area contributed by atoms with E-state index >= 15 is 0 Å². The first-order valence-electron chi connectivity index (χ1n) is 9.19. The molecule has 0 aliphatic heterocycles. The van der Waals surface area contributed by atoms with Crippen LogP contribution in [0.3, 0.4) is 0 Å². The van der Waals surface area contributed by atoms with Crippen LogP contribution in [0, 0.1) is 11.3 Å². The van der Waals surface area contributed by atoms with Crippen LogP contribution in [0.5, 0.6) is 0 Å². The maximum Gasteiger partial charge on any atom is 0.238 e. The minimum Gasteiger partial charge on any atom is -0.352 e. The van der Waals surface area contributed by atoms with Crippen LogP contribution in [0.15, 0.2) is 41.4 Å². The van der Waals surface area contributed by atoms with E-state index in [0.29, 0.717) is 16.6 Å². The molecule has 0 saturated heterocycles. The van der Waals surface area contributed by atoms with Gasteiger partial charge in [-0.15, -0.1) is 0 Å². The van der Waals surface area contributed by atoms with Gasteiger partial charge in [0.05, 0.1) is 5.56 Å². The number of benzene rings is 1. The first-order chi connectivity index (χ1) is 12.7. The minimum absolute atomic E-state index is 0.00658. The van der Waals surface area contributed by atoms with Crippen LogP contribution >= 0.6 is 11.8 Å². The Morgan fingerprint density at radius 2 is 2.00 bits per heavy atom. The van der Waals surface area contributed by atoms with Crippen LogP contribution in [0.25, 0.3) is 0 Å². The van der Waals surface area contributed by atoms with Gasteiger partial charge in [0.2, 0.25) is 5.91 Å². The van der Waals surface area contributed by atoms with E-state index in [2.05, 4.69) is 11.4 Å². The van der Waals surface area contributed by atoms with Crippen LogP contribution in [0.1, 0.15) is 53.3 Å². The highest BCUT2D eigenvalue weighted by Crippen LogP contribution is 2.38. The molecule has 26 heavy (non-hydrogen) atoms. The zero-order valence-corrected chi connectivity index (χ0v) is 15.4.